The number of piperazine rings is 1. The number of amides is 1. The van der Waals surface area contributed by atoms with Gasteiger partial charge in [0.15, 0.2) is 0 Å². The largest absolute Gasteiger partial charge is 0.491 e. The lowest BCUT2D eigenvalue weighted by Gasteiger charge is -2.35. The van der Waals surface area contributed by atoms with E-state index in [1.165, 1.54) is 5.56 Å². The molecule has 0 bridgehead atoms. The number of thiazole rings is 1. The third-order valence-corrected chi connectivity index (χ3v) is 6.50. The molecule has 1 aliphatic rings. The van der Waals surface area contributed by atoms with Crippen LogP contribution in [-0.2, 0) is 4.79 Å². The lowest BCUT2D eigenvalue weighted by molar-refractivity contribution is -0.117. The molecule has 1 saturated heterocycles. The summed E-state index contributed by atoms with van der Waals surface area (Å²) in [7, 11) is 0. The van der Waals surface area contributed by atoms with Crippen LogP contribution in [0.1, 0.15) is 10.6 Å². The van der Waals surface area contributed by atoms with Crippen molar-refractivity contribution in [3.05, 3.63) is 53.0 Å². The number of aromatic nitrogens is 1. The summed E-state index contributed by atoms with van der Waals surface area (Å²) in [6, 6.07) is 13.7. The van der Waals surface area contributed by atoms with Crippen molar-refractivity contribution in [1.29, 1.82) is 0 Å². The number of aryl methyl sites for hydroxylation is 2. The number of carbonyl (C=O) groups is 1. The van der Waals surface area contributed by atoms with Crippen molar-refractivity contribution in [3.8, 4) is 5.75 Å². The zero-order valence-corrected chi connectivity index (χ0v) is 19.4. The molecule has 170 valence electrons. The Bertz CT molecular complexity index is 1050. The fraction of sp³-hybridized carbons (Fsp3) is 0.417. The number of aliphatic hydroxyl groups excluding tert-OH is 1. The Kier molecular flexibility index (Phi) is 7.36. The van der Waals surface area contributed by atoms with Crippen LogP contribution in [0.2, 0.25) is 0 Å². The number of nitrogens with zero attached hydrogens (tertiary/aromatic N) is 3. The maximum atomic E-state index is 12.3. The van der Waals surface area contributed by atoms with Crippen molar-refractivity contribution in [2.45, 2.75) is 20.0 Å². The summed E-state index contributed by atoms with van der Waals surface area (Å²) in [5.41, 5.74) is 2.93. The van der Waals surface area contributed by atoms with E-state index < -0.39 is 6.10 Å². The molecular formula is C24H30N4O3S. The highest BCUT2D eigenvalue weighted by Crippen LogP contribution is 2.25. The summed E-state index contributed by atoms with van der Waals surface area (Å²) < 4.78 is 6.93. The number of aliphatic hydroxyl groups is 1. The van der Waals surface area contributed by atoms with Gasteiger partial charge in [0.1, 0.15) is 18.5 Å². The Morgan fingerprint density at radius 3 is 2.59 bits per heavy atom. The van der Waals surface area contributed by atoms with Gasteiger partial charge in [-0.1, -0.05) is 17.7 Å². The zero-order valence-electron chi connectivity index (χ0n) is 18.6. The van der Waals surface area contributed by atoms with Crippen LogP contribution in [-0.4, -0.2) is 77.8 Å². The second kappa shape index (κ2) is 10.4. The molecule has 1 aliphatic heterocycles. The van der Waals surface area contributed by atoms with E-state index in [1.807, 2.05) is 56.3 Å². The fourth-order valence-corrected chi connectivity index (χ4v) is 4.63. The van der Waals surface area contributed by atoms with Gasteiger partial charge < -0.3 is 15.2 Å². The Hall–Kier alpha value is -2.52. The Labute approximate surface area is 192 Å². The van der Waals surface area contributed by atoms with Crippen LogP contribution in [0.3, 0.4) is 0 Å². The number of benzene rings is 2. The van der Waals surface area contributed by atoms with Crippen LogP contribution >= 0.6 is 11.3 Å². The minimum absolute atomic E-state index is 0.00279. The van der Waals surface area contributed by atoms with Crippen LogP contribution in [0, 0.1) is 13.8 Å². The summed E-state index contributed by atoms with van der Waals surface area (Å²) in [6.07, 6.45) is -0.570. The van der Waals surface area contributed by atoms with Gasteiger partial charge in [-0.15, -0.1) is 11.3 Å². The summed E-state index contributed by atoms with van der Waals surface area (Å²) in [4.78, 5) is 21.1. The average Bonchev–Trinajstić information content (AvgIpc) is 3.14. The van der Waals surface area contributed by atoms with Crippen molar-refractivity contribution in [3.63, 3.8) is 0 Å². The normalized spacial score (nSPS) is 16.2. The minimum atomic E-state index is -0.570. The molecule has 7 nitrogen and oxygen atoms in total. The molecule has 0 spiro atoms. The third-order valence-electron chi connectivity index (χ3n) is 5.54. The van der Waals surface area contributed by atoms with E-state index in [1.54, 1.807) is 11.3 Å². The number of rotatable bonds is 8. The molecule has 0 radical (unpaired) electrons. The molecule has 0 saturated carbocycles. The first-order chi connectivity index (χ1) is 15.4. The van der Waals surface area contributed by atoms with E-state index in [9.17, 15) is 9.90 Å². The van der Waals surface area contributed by atoms with E-state index in [0.29, 0.717) is 13.1 Å². The molecule has 2 heterocycles. The number of hydrogen-bond acceptors (Lipinski definition) is 7. The first kappa shape index (κ1) is 22.7. The van der Waals surface area contributed by atoms with E-state index in [4.69, 9.17) is 4.74 Å². The highest BCUT2D eigenvalue weighted by Gasteiger charge is 2.21. The van der Waals surface area contributed by atoms with Gasteiger partial charge >= 0.3 is 0 Å². The zero-order chi connectivity index (χ0) is 22.5. The van der Waals surface area contributed by atoms with Gasteiger partial charge in [-0.2, -0.15) is 0 Å². The fourth-order valence-electron chi connectivity index (χ4n) is 3.83. The number of hydrogen-bond donors (Lipinski definition) is 2. The Morgan fingerprint density at radius 2 is 1.84 bits per heavy atom. The molecule has 2 N–H and O–H groups in total. The Morgan fingerprint density at radius 1 is 1.12 bits per heavy atom. The number of nitrogens with one attached hydrogen (secondary N) is 1. The van der Waals surface area contributed by atoms with Gasteiger partial charge in [0, 0.05) is 44.5 Å². The lowest BCUT2D eigenvalue weighted by Crippen LogP contribution is -2.50. The quantitative estimate of drug-likeness (QED) is 0.545. The van der Waals surface area contributed by atoms with Gasteiger partial charge in [-0.05, 0) is 38.1 Å². The lowest BCUT2D eigenvalue weighted by atomic mass is 10.2. The Balaban J connectivity index is 1.16. The summed E-state index contributed by atoms with van der Waals surface area (Å²) in [6.45, 7) is 8.43. The SMILES string of the molecule is Cc1ccc(NC(=O)CN2CCN(CC(O)COc3ccc4sc(C)nc4c3)CC2)cc1. The number of carbonyl (C=O) groups excluding carboxylic acids is 1. The standard InChI is InChI=1S/C24H30N4O3S/c1-17-3-5-19(6-4-17)26-24(30)15-28-11-9-27(10-12-28)14-20(29)16-31-21-7-8-23-22(13-21)25-18(2)32-23/h3-8,13,20,29H,9-12,14-16H2,1-2H3,(H,26,30). The van der Waals surface area contributed by atoms with E-state index in [2.05, 4.69) is 20.1 Å². The molecule has 1 unspecified atom stereocenters. The molecule has 1 amide bonds. The highest BCUT2D eigenvalue weighted by molar-refractivity contribution is 7.18. The molecule has 1 fully saturated rings. The number of fused-ring (bicyclic) bond motifs is 1. The first-order valence-electron chi connectivity index (χ1n) is 10.9. The van der Waals surface area contributed by atoms with Gasteiger partial charge in [-0.25, -0.2) is 4.98 Å². The number of anilines is 1. The molecule has 32 heavy (non-hydrogen) atoms. The second-order valence-electron chi connectivity index (χ2n) is 8.32. The van der Waals surface area contributed by atoms with Crippen molar-refractivity contribution in [2.75, 3.05) is 51.2 Å². The van der Waals surface area contributed by atoms with Crippen molar-refractivity contribution < 1.29 is 14.6 Å². The smallest absolute Gasteiger partial charge is 0.238 e. The molecule has 3 aromatic rings. The molecule has 1 atom stereocenters. The topological polar surface area (TPSA) is 77.9 Å². The predicted molar refractivity (Wildman–Crippen MR) is 129 cm³/mol. The average molecular weight is 455 g/mol. The van der Waals surface area contributed by atoms with Crippen molar-refractivity contribution in [1.82, 2.24) is 14.8 Å². The van der Waals surface area contributed by atoms with Gasteiger partial charge in [-0.3, -0.25) is 14.6 Å². The molecule has 8 heteroatoms. The maximum absolute atomic E-state index is 12.3. The van der Waals surface area contributed by atoms with Gasteiger partial charge in [0.05, 0.1) is 21.8 Å². The molecule has 4 rings (SSSR count). The van der Waals surface area contributed by atoms with E-state index >= 15 is 0 Å². The molecular weight excluding hydrogens is 424 g/mol. The molecule has 2 aromatic carbocycles. The summed E-state index contributed by atoms with van der Waals surface area (Å²) in [5, 5.41) is 14.4. The second-order valence-corrected chi connectivity index (χ2v) is 9.55. The maximum Gasteiger partial charge on any atom is 0.238 e. The van der Waals surface area contributed by atoms with Crippen molar-refractivity contribution >= 4 is 33.1 Å². The molecule has 1 aromatic heterocycles. The highest BCUT2D eigenvalue weighted by atomic mass is 32.1. The van der Waals surface area contributed by atoms with Crippen molar-refractivity contribution in [2.24, 2.45) is 0 Å². The number of β-amino-alcohol motifs (C(OH)–C–C–N with tert-alkyl or cyclic N) is 1. The number of ether oxygens (including phenoxy) is 1. The van der Waals surface area contributed by atoms with Crippen LogP contribution < -0.4 is 10.1 Å². The van der Waals surface area contributed by atoms with Crippen LogP contribution in [0.4, 0.5) is 5.69 Å². The predicted octanol–water partition coefficient (Wildman–Crippen LogP) is 2.91. The third kappa shape index (κ3) is 6.26. The van der Waals surface area contributed by atoms with Crippen LogP contribution in [0.25, 0.3) is 10.2 Å². The van der Waals surface area contributed by atoms with E-state index in [0.717, 1.165) is 52.8 Å². The van der Waals surface area contributed by atoms with Gasteiger partial charge in [0.25, 0.3) is 0 Å². The monoisotopic (exact) mass is 454 g/mol. The summed E-state index contributed by atoms with van der Waals surface area (Å²) in [5.74, 6) is 0.731. The first-order valence-corrected chi connectivity index (χ1v) is 11.8. The van der Waals surface area contributed by atoms with Crippen LogP contribution in [0.5, 0.6) is 5.75 Å². The molecule has 0 aliphatic carbocycles. The summed E-state index contributed by atoms with van der Waals surface area (Å²) >= 11 is 1.66. The van der Waals surface area contributed by atoms with Gasteiger partial charge in [0.2, 0.25) is 5.91 Å². The minimum Gasteiger partial charge on any atom is -0.491 e. The van der Waals surface area contributed by atoms with Crippen LogP contribution in [0.15, 0.2) is 42.5 Å². The van der Waals surface area contributed by atoms with E-state index in [-0.39, 0.29) is 12.5 Å².